The summed E-state index contributed by atoms with van der Waals surface area (Å²) in [5, 5.41) is 0.473. The highest BCUT2D eigenvalue weighted by Crippen LogP contribution is 2.20. The van der Waals surface area contributed by atoms with Gasteiger partial charge in [0.2, 0.25) is 5.91 Å². The SMILES string of the molecule is CSc1ncc(C(=O)N2CCC[C@@H](C(=O)N3CCOCC3)C2)c(=O)[nH]1. The number of aromatic amines is 1. The zero-order valence-electron chi connectivity index (χ0n) is 14.2. The lowest BCUT2D eigenvalue weighted by molar-refractivity contribution is -0.141. The van der Waals surface area contributed by atoms with E-state index in [0.29, 0.717) is 44.5 Å². The Morgan fingerprint density at radius 2 is 2.04 bits per heavy atom. The molecule has 1 aromatic rings. The number of piperidine rings is 1. The number of carbonyl (C=O) groups excluding carboxylic acids is 2. The van der Waals surface area contributed by atoms with Crippen LogP contribution >= 0.6 is 11.8 Å². The molecular weight excluding hydrogens is 344 g/mol. The van der Waals surface area contributed by atoms with Gasteiger partial charge < -0.3 is 19.5 Å². The summed E-state index contributed by atoms with van der Waals surface area (Å²) in [4.78, 5) is 47.5. The molecule has 0 unspecified atom stereocenters. The van der Waals surface area contributed by atoms with E-state index in [0.717, 1.165) is 12.8 Å². The molecule has 0 aliphatic carbocycles. The van der Waals surface area contributed by atoms with Gasteiger partial charge in [0, 0.05) is 32.4 Å². The molecule has 0 radical (unpaired) electrons. The van der Waals surface area contributed by atoms with Gasteiger partial charge in [-0.05, 0) is 19.1 Å². The van der Waals surface area contributed by atoms with Crippen molar-refractivity contribution in [1.82, 2.24) is 19.8 Å². The maximum atomic E-state index is 12.7. The van der Waals surface area contributed by atoms with E-state index >= 15 is 0 Å². The minimum Gasteiger partial charge on any atom is -0.378 e. The van der Waals surface area contributed by atoms with Crippen molar-refractivity contribution in [2.24, 2.45) is 5.92 Å². The first kappa shape index (κ1) is 17.9. The van der Waals surface area contributed by atoms with Gasteiger partial charge in [-0.15, -0.1) is 0 Å². The largest absolute Gasteiger partial charge is 0.378 e. The number of thioether (sulfide) groups is 1. The summed E-state index contributed by atoms with van der Waals surface area (Å²) in [6.07, 6.45) is 4.63. The van der Waals surface area contributed by atoms with Crippen LogP contribution < -0.4 is 5.56 Å². The van der Waals surface area contributed by atoms with Crippen molar-refractivity contribution in [3.63, 3.8) is 0 Å². The normalized spacial score (nSPS) is 21.2. The number of hydrogen-bond acceptors (Lipinski definition) is 6. The van der Waals surface area contributed by atoms with E-state index in [4.69, 9.17) is 4.74 Å². The molecule has 2 aliphatic rings. The zero-order chi connectivity index (χ0) is 17.8. The molecule has 3 rings (SSSR count). The van der Waals surface area contributed by atoms with E-state index in [1.54, 1.807) is 11.2 Å². The van der Waals surface area contributed by atoms with Gasteiger partial charge in [0.15, 0.2) is 5.16 Å². The van der Waals surface area contributed by atoms with E-state index in [1.165, 1.54) is 18.0 Å². The van der Waals surface area contributed by atoms with Gasteiger partial charge in [-0.2, -0.15) is 0 Å². The average Bonchev–Trinajstić information content (AvgIpc) is 2.67. The standard InChI is InChI=1S/C16H22N4O4S/c1-25-16-17-9-12(13(21)18-16)15(23)20-4-2-3-11(10-20)14(22)19-5-7-24-8-6-19/h9,11H,2-8,10H2,1H3,(H,17,18,21)/t11-/m1/s1. The highest BCUT2D eigenvalue weighted by molar-refractivity contribution is 7.98. The van der Waals surface area contributed by atoms with Crippen molar-refractivity contribution in [3.05, 3.63) is 22.1 Å². The number of hydrogen-bond donors (Lipinski definition) is 1. The second-order valence-electron chi connectivity index (χ2n) is 6.16. The third-order valence-electron chi connectivity index (χ3n) is 4.58. The molecule has 2 aliphatic heterocycles. The highest BCUT2D eigenvalue weighted by Gasteiger charge is 2.32. The van der Waals surface area contributed by atoms with Gasteiger partial charge in [0.05, 0.1) is 19.1 Å². The van der Waals surface area contributed by atoms with Crippen molar-refractivity contribution >= 4 is 23.6 Å². The monoisotopic (exact) mass is 366 g/mol. The van der Waals surface area contributed by atoms with Crippen molar-refractivity contribution in [2.75, 3.05) is 45.6 Å². The molecule has 0 aromatic carbocycles. The molecule has 1 atom stereocenters. The Balaban J connectivity index is 1.69. The molecule has 0 saturated carbocycles. The fourth-order valence-electron chi connectivity index (χ4n) is 3.21. The van der Waals surface area contributed by atoms with E-state index < -0.39 is 5.56 Å². The van der Waals surface area contributed by atoms with E-state index in [9.17, 15) is 14.4 Å². The second-order valence-corrected chi connectivity index (χ2v) is 6.96. The number of ether oxygens (including phenoxy) is 1. The van der Waals surface area contributed by atoms with Crippen LogP contribution in [0, 0.1) is 5.92 Å². The third kappa shape index (κ3) is 4.04. The lowest BCUT2D eigenvalue weighted by Gasteiger charge is -2.36. The van der Waals surface area contributed by atoms with E-state index in [1.807, 2.05) is 4.90 Å². The smallest absolute Gasteiger partial charge is 0.264 e. The fourth-order valence-corrected chi connectivity index (χ4v) is 3.56. The molecule has 1 N–H and O–H groups in total. The third-order valence-corrected chi connectivity index (χ3v) is 5.17. The fraction of sp³-hybridized carbons (Fsp3) is 0.625. The number of nitrogens with one attached hydrogen (secondary N) is 1. The van der Waals surface area contributed by atoms with Crippen LogP contribution in [0.3, 0.4) is 0 Å². The first-order valence-corrected chi connectivity index (χ1v) is 9.61. The van der Waals surface area contributed by atoms with Gasteiger partial charge in [-0.3, -0.25) is 14.4 Å². The number of amides is 2. The summed E-state index contributed by atoms with van der Waals surface area (Å²) in [6.45, 7) is 3.22. The number of likely N-dealkylation sites (tertiary alicyclic amines) is 1. The van der Waals surface area contributed by atoms with Crippen LogP contribution in [0.4, 0.5) is 0 Å². The molecule has 3 heterocycles. The number of nitrogens with zero attached hydrogens (tertiary/aromatic N) is 3. The molecule has 0 spiro atoms. The molecule has 9 heteroatoms. The lowest BCUT2D eigenvalue weighted by atomic mass is 9.96. The van der Waals surface area contributed by atoms with Crippen LogP contribution in [0.2, 0.25) is 0 Å². The second kappa shape index (κ2) is 8.01. The predicted octanol–water partition coefficient (Wildman–Crippen LogP) is 0.203. The molecule has 1 aromatic heterocycles. The lowest BCUT2D eigenvalue weighted by Crippen LogP contribution is -2.50. The van der Waals surface area contributed by atoms with Crippen molar-refractivity contribution in [2.45, 2.75) is 18.0 Å². The number of H-pyrrole nitrogens is 1. The Hall–Kier alpha value is -1.87. The maximum absolute atomic E-state index is 12.7. The van der Waals surface area contributed by atoms with Crippen molar-refractivity contribution < 1.29 is 14.3 Å². The Kier molecular flexibility index (Phi) is 5.74. The highest BCUT2D eigenvalue weighted by atomic mass is 32.2. The number of rotatable bonds is 3. The van der Waals surface area contributed by atoms with Crippen LogP contribution in [-0.2, 0) is 9.53 Å². The summed E-state index contributed by atoms with van der Waals surface area (Å²) in [7, 11) is 0. The van der Waals surface area contributed by atoms with Crippen LogP contribution in [0.1, 0.15) is 23.2 Å². The number of carbonyl (C=O) groups is 2. The summed E-state index contributed by atoms with van der Waals surface area (Å²) < 4.78 is 5.28. The Labute approximate surface area is 149 Å². The first-order chi connectivity index (χ1) is 12.1. The van der Waals surface area contributed by atoms with Crippen molar-refractivity contribution in [3.8, 4) is 0 Å². The van der Waals surface area contributed by atoms with Crippen molar-refractivity contribution in [1.29, 1.82) is 0 Å². The van der Waals surface area contributed by atoms with Gasteiger partial charge in [-0.25, -0.2) is 4.98 Å². The van der Waals surface area contributed by atoms with Gasteiger partial charge in [-0.1, -0.05) is 11.8 Å². The molecule has 2 amide bonds. The van der Waals surface area contributed by atoms with E-state index in [-0.39, 0.29) is 23.3 Å². The van der Waals surface area contributed by atoms with Crippen LogP contribution in [0.5, 0.6) is 0 Å². The quantitative estimate of drug-likeness (QED) is 0.607. The van der Waals surface area contributed by atoms with Gasteiger partial charge in [0.1, 0.15) is 5.56 Å². The molecule has 8 nitrogen and oxygen atoms in total. The summed E-state index contributed by atoms with van der Waals surface area (Å²) in [5.74, 6) is -0.500. The molecule has 25 heavy (non-hydrogen) atoms. The number of morpholine rings is 1. The summed E-state index contributed by atoms with van der Waals surface area (Å²) in [6, 6.07) is 0. The predicted molar refractivity (Wildman–Crippen MR) is 92.7 cm³/mol. The summed E-state index contributed by atoms with van der Waals surface area (Å²) >= 11 is 1.31. The Morgan fingerprint density at radius 3 is 2.72 bits per heavy atom. The maximum Gasteiger partial charge on any atom is 0.264 e. The van der Waals surface area contributed by atoms with Crippen LogP contribution in [0.15, 0.2) is 16.1 Å². The first-order valence-electron chi connectivity index (χ1n) is 8.39. The molecule has 0 bridgehead atoms. The van der Waals surface area contributed by atoms with Crippen LogP contribution in [-0.4, -0.2) is 77.2 Å². The zero-order valence-corrected chi connectivity index (χ0v) is 15.0. The Morgan fingerprint density at radius 1 is 1.28 bits per heavy atom. The minimum atomic E-state index is -0.439. The molecule has 136 valence electrons. The van der Waals surface area contributed by atoms with Gasteiger partial charge in [0.25, 0.3) is 11.5 Å². The molecular formula is C16H22N4O4S. The average molecular weight is 366 g/mol. The van der Waals surface area contributed by atoms with Gasteiger partial charge >= 0.3 is 0 Å². The number of aromatic nitrogens is 2. The topological polar surface area (TPSA) is 95.6 Å². The minimum absolute atomic E-state index is 0.0253. The van der Waals surface area contributed by atoms with Crippen LogP contribution in [0.25, 0.3) is 0 Å². The Bertz CT molecular complexity index is 702. The summed E-state index contributed by atoms with van der Waals surface area (Å²) in [5.41, 5.74) is -0.414. The van der Waals surface area contributed by atoms with E-state index in [2.05, 4.69) is 9.97 Å². The molecule has 2 fully saturated rings. The molecule has 2 saturated heterocycles.